The van der Waals surface area contributed by atoms with Crippen molar-refractivity contribution >= 4 is 46.7 Å². The van der Waals surface area contributed by atoms with Crippen LogP contribution in [0.5, 0.6) is 0 Å². The van der Waals surface area contributed by atoms with Crippen molar-refractivity contribution in [3.05, 3.63) is 68.7 Å². The number of ether oxygens (including phenoxy) is 1. The molecule has 0 bridgehead atoms. The highest BCUT2D eigenvalue weighted by Crippen LogP contribution is 2.27. The third kappa shape index (κ3) is 4.13. The summed E-state index contributed by atoms with van der Waals surface area (Å²) in [4.78, 5) is 59.9. The van der Waals surface area contributed by atoms with Crippen molar-refractivity contribution < 1.29 is 28.8 Å². The summed E-state index contributed by atoms with van der Waals surface area (Å²) in [5, 5.41) is 13.2. The van der Waals surface area contributed by atoms with Crippen LogP contribution in [-0.2, 0) is 14.3 Å². The molecule has 11 heteroatoms. The zero-order chi connectivity index (χ0) is 22.0. The molecular weight excluding hydrogens is 418 g/mol. The van der Waals surface area contributed by atoms with E-state index in [1.54, 1.807) is 12.1 Å². The molecule has 10 nitrogen and oxygen atoms in total. The lowest BCUT2D eigenvalue weighted by molar-refractivity contribution is -0.384. The molecule has 1 aliphatic rings. The number of carbonyl (C=O) groups excluding carboxylic acids is 4. The SMILES string of the molecule is CC(OC(=O)CN1C(=O)c2ccccc2C1=O)C(=O)Nc1cc([N+](=O)[O-])ccc1Cl. The maximum atomic E-state index is 12.3. The fraction of sp³-hybridized carbons (Fsp3) is 0.158. The van der Waals surface area contributed by atoms with Gasteiger partial charge in [-0.1, -0.05) is 23.7 Å². The second-order valence-electron chi connectivity index (χ2n) is 6.28. The number of hydrogen-bond acceptors (Lipinski definition) is 7. The van der Waals surface area contributed by atoms with Gasteiger partial charge in [0.05, 0.1) is 26.8 Å². The highest BCUT2D eigenvalue weighted by Gasteiger charge is 2.37. The van der Waals surface area contributed by atoms with Crippen LogP contribution in [0.1, 0.15) is 27.6 Å². The van der Waals surface area contributed by atoms with Crippen LogP contribution in [-0.4, -0.2) is 46.2 Å². The average Bonchev–Trinajstić information content (AvgIpc) is 2.94. The van der Waals surface area contributed by atoms with E-state index in [9.17, 15) is 29.3 Å². The fourth-order valence-electron chi connectivity index (χ4n) is 2.76. The lowest BCUT2D eigenvalue weighted by Crippen LogP contribution is -2.38. The van der Waals surface area contributed by atoms with Gasteiger partial charge in [0, 0.05) is 12.1 Å². The zero-order valence-electron chi connectivity index (χ0n) is 15.5. The Morgan fingerprint density at radius 2 is 1.77 bits per heavy atom. The van der Waals surface area contributed by atoms with E-state index in [4.69, 9.17) is 16.3 Å². The van der Waals surface area contributed by atoms with Crippen LogP contribution in [0, 0.1) is 10.1 Å². The van der Waals surface area contributed by atoms with E-state index < -0.39 is 41.3 Å². The van der Waals surface area contributed by atoms with Crippen LogP contribution in [0.15, 0.2) is 42.5 Å². The molecule has 1 aliphatic heterocycles. The minimum absolute atomic E-state index is 0.0286. The van der Waals surface area contributed by atoms with Gasteiger partial charge in [0.25, 0.3) is 23.4 Å². The number of anilines is 1. The molecule has 2 aromatic carbocycles. The molecule has 1 atom stereocenters. The van der Waals surface area contributed by atoms with Gasteiger partial charge < -0.3 is 10.1 Å². The second kappa shape index (κ2) is 8.29. The van der Waals surface area contributed by atoms with Crippen molar-refractivity contribution in [2.24, 2.45) is 0 Å². The number of rotatable bonds is 6. The summed E-state index contributed by atoms with van der Waals surface area (Å²) in [6, 6.07) is 9.61. The highest BCUT2D eigenvalue weighted by atomic mass is 35.5. The van der Waals surface area contributed by atoms with E-state index in [1.165, 1.54) is 31.2 Å². The Labute approximate surface area is 174 Å². The lowest BCUT2D eigenvalue weighted by Gasteiger charge is -2.17. The average molecular weight is 432 g/mol. The number of non-ortho nitro benzene ring substituents is 1. The first-order chi connectivity index (χ1) is 14.2. The summed E-state index contributed by atoms with van der Waals surface area (Å²) in [5.41, 5.74) is 0.0481. The van der Waals surface area contributed by atoms with Crippen molar-refractivity contribution in [3.8, 4) is 0 Å². The first kappa shape index (κ1) is 20.9. The Kier molecular flexibility index (Phi) is 5.79. The number of imide groups is 1. The smallest absolute Gasteiger partial charge is 0.326 e. The third-order valence-corrected chi connectivity index (χ3v) is 4.59. The Morgan fingerprint density at radius 1 is 1.17 bits per heavy atom. The lowest BCUT2D eigenvalue weighted by atomic mass is 10.1. The molecule has 2 aromatic rings. The van der Waals surface area contributed by atoms with Crippen molar-refractivity contribution in [1.82, 2.24) is 4.90 Å². The maximum Gasteiger partial charge on any atom is 0.326 e. The number of nitro benzene ring substituents is 1. The van der Waals surface area contributed by atoms with Gasteiger partial charge in [-0.2, -0.15) is 0 Å². The van der Waals surface area contributed by atoms with E-state index in [-0.39, 0.29) is 27.5 Å². The van der Waals surface area contributed by atoms with Crippen molar-refractivity contribution in [1.29, 1.82) is 0 Å². The van der Waals surface area contributed by atoms with E-state index in [0.717, 1.165) is 11.0 Å². The van der Waals surface area contributed by atoms with Crippen LogP contribution in [0.4, 0.5) is 11.4 Å². The predicted molar refractivity (Wildman–Crippen MR) is 104 cm³/mol. The second-order valence-corrected chi connectivity index (χ2v) is 6.69. The molecule has 0 aromatic heterocycles. The van der Waals surface area contributed by atoms with Gasteiger partial charge in [-0.15, -0.1) is 0 Å². The molecule has 3 rings (SSSR count). The number of nitrogens with zero attached hydrogens (tertiary/aromatic N) is 2. The summed E-state index contributed by atoms with van der Waals surface area (Å²) in [5.74, 6) is -3.04. The molecule has 3 amide bonds. The van der Waals surface area contributed by atoms with Gasteiger partial charge in [0.1, 0.15) is 6.54 Å². The van der Waals surface area contributed by atoms with Crippen LogP contribution in [0.2, 0.25) is 5.02 Å². The molecule has 1 N–H and O–H groups in total. The van der Waals surface area contributed by atoms with Crippen LogP contribution in [0.3, 0.4) is 0 Å². The number of amides is 3. The highest BCUT2D eigenvalue weighted by molar-refractivity contribution is 6.33. The number of esters is 1. The summed E-state index contributed by atoms with van der Waals surface area (Å²) in [6.07, 6.45) is -1.32. The Balaban J connectivity index is 1.62. The molecule has 0 saturated heterocycles. The van der Waals surface area contributed by atoms with Crippen LogP contribution in [0.25, 0.3) is 0 Å². The number of nitro groups is 1. The number of carbonyl (C=O) groups is 4. The van der Waals surface area contributed by atoms with Crippen molar-refractivity contribution in [2.75, 3.05) is 11.9 Å². The Bertz CT molecular complexity index is 1050. The molecule has 1 heterocycles. The van der Waals surface area contributed by atoms with Gasteiger partial charge in [-0.05, 0) is 25.1 Å². The number of benzene rings is 2. The maximum absolute atomic E-state index is 12.3. The van der Waals surface area contributed by atoms with Gasteiger partial charge in [0.2, 0.25) is 0 Å². The minimum Gasteiger partial charge on any atom is -0.451 e. The first-order valence-electron chi connectivity index (χ1n) is 8.58. The van der Waals surface area contributed by atoms with Gasteiger partial charge in [-0.25, -0.2) is 0 Å². The number of hydrogen-bond donors (Lipinski definition) is 1. The quantitative estimate of drug-likeness (QED) is 0.321. The molecule has 0 aliphatic carbocycles. The topological polar surface area (TPSA) is 136 Å². The fourth-order valence-corrected chi connectivity index (χ4v) is 2.92. The van der Waals surface area contributed by atoms with Crippen molar-refractivity contribution in [3.63, 3.8) is 0 Å². The molecule has 0 saturated carbocycles. The van der Waals surface area contributed by atoms with Crippen molar-refractivity contribution in [2.45, 2.75) is 13.0 Å². The molecular formula is C19H14ClN3O7. The molecule has 0 fully saturated rings. The number of halogens is 1. The predicted octanol–water partition coefficient (Wildman–Crippen LogP) is 2.41. The van der Waals surface area contributed by atoms with E-state index in [2.05, 4.69) is 5.32 Å². The Hall–Kier alpha value is -3.79. The summed E-state index contributed by atoms with van der Waals surface area (Å²) in [6.45, 7) is 0.600. The minimum atomic E-state index is -1.32. The van der Waals surface area contributed by atoms with E-state index >= 15 is 0 Å². The van der Waals surface area contributed by atoms with E-state index in [0.29, 0.717) is 0 Å². The third-order valence-electron chi connectivity index (χ3n) is 4.26. The van der Waals surface area contributed by atoms with Gasteiger partial charge in [-0.3, -0.25) is 34.2 Å². The number of fused-ring (bicyclic) bond motifs is 1. The first-order valence-corrected chi connectivity index (χ1v) is 8.96. The standard InChI is InChI=1S/C19H14ClN3O7/c1-10(17(25)21-15-8-11(23(28)29)6-7-14(15)20)30-16(24)9-22-18(26)12-4-2-3-5-13(12)19(22)27/h2-8,10H,9H2,1H3,(H,21,25). The zero-order valence-corrected chi connectivity index (χ0v) is 16.2. The molecule has 1 unspecified atom stereocenters. The summed E-state index contributed by atoms with van der Waals surface area (Å²) >= 11 is 5.92. The van der Waals surface area contributed by atoms with E-state index in [1.807, 2.05) is 0 Å². The normalized spacial score (nSPS) is 13.6. The largest absolute Gasteiger partial charge is 0.451 e. The van der Waals surface area contributed by atoms with Crippen LogP contribution >= 0.6 is 11.6 Å². The Morgan fingerprint density at radius 3 is 2.33 bits per heavy atom. The van der Waals surface area contributed by atoms with Gasteiger partial charge in [0.15, 0.2) is 6.10 Å². The number of nitrogens with one attached hydrogen (secondary N) is 1. The summed E-state index contributed by atoms with van der Waals surface area (Å²) < 4.78 is 4.99. The summed E-state index contributed by atoms with van der Waals surface area (Å²) in [7, 11) is 0. The van der Waals surface area contributed by atoms with Gasteiger partial charge >= 0.3 is 5.97 Å². The molecule has 154 valence electrons. The molecule has 0 radical (unpaired) electrons. The monoisotopic (exact) mass is 431 g/mol. The molecule has 30 heavy (non-hydrogen) atoms. The van der Waals surface area contributed by atoms with Crippen LogP contribution < -0.4 is 5.32 Å². The molecule has 0 spiro atoms.